The van der Waals surface area contributed by atoms with Gasteiger partial charge in [-0.3, -0.25) is 0 Å². The molecule has 0 bridgehead atoms. The Bertz CT molecular complexity index is 214. The van der Waals surface area contributed by atoms with Crippen LogP contribution in [0.25, 0.3) is 0 Å². The van der Waals surface area contributed by atoms with Gasteiger partial charge in [-0.05, 0) is 24.0 Å². The van der Waals surface area contributed by atoms with Crippen molar-refractivity contribution >= 4 is 0 Å². The maximum absolute atomic E-state index is 5.36. The second-order valence-corrected chi connectivity index (χ2v) is 3.28. The highest BCUT2D eigenvalue weighted by molar-refractivity contribution is 5.29. The molecule has 0 aromatic carbocycles. The van der Waals surface area contributed by atoms with E-state index in [4.69, 9.17) is 4.42 Å². The van der Waals surface area contributed by atoms with Crippen LogP contribution >= 0.6 is 0 Å². The lowest BCUT2D eigenvalue weighted by Gasteiger charge is -1.99. The van der Waals surface area contributed by atoms with Crippen molar-refractivity contribution in [2.24, 2.45) is 0 Å². The summed E-state index contributed by atoms with van der Waals surface area (Å²) in [4.78, 5) is 0. The van der Waals surface area contributed by atoms with Crippen LogP contribution in [-0.4, -0.2) is 0 Å². The quantitative estimate of drug-likeness (QED) is 0.534. The lowest BCUT2D eigenvalue weighted by atomic mass is 10.1. The van der Waals surface area contributed by atoms with Crippen molar-refractivity contribution in [3.8, 4) is 0 Å². The zero-order valence-corrected chi connectivity index (χ0v) is 6.42. The molecule has 54 valence electrons. The zero-order valence-electron chi connectivity index (χ0n) is 6.42. The third kappa shape index (κ3) is 0.634. The minimum Gasteiger partial charge on any atom is -0.469 e. The minimum atomic E-state index is 0.639. The topological polar surface area (TPSA) is 13.1 Å². The molecular formula is C9H12O. The van der Waals surface area contributed by atoms with Crippen molar-refractivity contribution in [2.75, 3.05) is 0 Å². The maximum atomic E-state index is 5.36. The van der Waals surface area contributed by atoms with Gasteiger partial charge in [0.15, 0.2) is 0 Å². The largest absolute Gasteiger partial charge is 0.469 e. The second-order valence-electron chi connectivity index (χ2n) is 3.28. The summed E-state index contributed by atoms with van der Waals surface area (Å²) in [5, 5.41) is 0. The van der Waals surface area contributed by atoms with E-state index in [0.29, 0.717) is 11.8 Å². The highest BCUT2D eigenvalue weighted by Gasteiger charge is 2.27. The smallest absolute Gasteiger partial charge is 0.110 e. The van der Waals surface area contributed by atoms with Crippen LogP contribution in [0.3, 0.4) is 0 Å². The molecule has 1 aromatic rings. The van der Waals surface area contributed by atoms with Crippen LogP contribution in [0.1, 0.15) is 43.4 Å². The standard InChI is InChI=1S/C9H12O/c1-6-5-7(2)9-8(6)3-4-10-9/h3-4,6-7H,5H2,1-2H3. The molecule has 1 heteroatoms. The van der Waals surface area contributed by atoms with Crippen LogP contribution < -0.4 is 0 Å². The summed E-state index contributed by atoms with van der Waals surface area (Å²) in [6.45, 7) is 4.49. The molecule has 2 unspecified atom stereocenters. The van der Waals surface area contributed by atoms with E-state index in [-0.39, 0.29) is 0 Å². The number of rotatable bonds is 0. The molecule has 2 rings (SSSR count). The van der Waals surface area contributed by atoms with Crippen molar-refractivity contribution < 1.29 is 4.42 Å². The van der Waals surface area contributed by atoms with Crippen molar-refractivity contribution in [3.05, 3.63) is 23.7 Å². The number of hydrogen-bond acceptors (Lipinski definition) is 1. The molecule has 1 heterocycles. The predicted octanol–water partition coefficient (Wildman–Crippen LogP) is 2.89. The van der Waals surface area contributed by atoms with Gasteiger partial charge in [-0.2, -0.15) is 0 Å². The van der Waals surface area contributed by atoms with E-state index in [1.807, 2.05) is 0 Å². The van der Waals surface area contributed by atoms with E-state index < -0.39 is 0 Å². The van der Waals surface area contributed by atoms with E-state index in [2.05, 4.69) is 19.9 Å². The lowest BCUT2D eigenvalue weighted by Crippen LogP contribution is -1.83. The highest BCUT2D eigenvalue weighted by atomic mass is 16.3. The van der Waals surface area contributed by atoms with Crippen LogP contribution in [0.15, 0.2) is 16.7 Å². The fraction of sp³-hybridized carbons (Fsp3) is 0.556. The molecule has 0 spiro atoms. The fourth-order valence-corrected chi connectivity index (χ4v) is 1.90. The van der Waals surface area contributed by atoms with Gasteiger partial charge < -0.3 is 4.42 Å². The summed E-state index contributed by atoms with van der Waals surface area (Å²) in [7, 11) is 0. The zero-order chi connectivity index (χ0) is 7.14. The first-order valence-electron chi connectivity index (χ1n) is 3.86. The first-order chi connectivity index (χ1) is 4.79. The first kappa shape index (κ1) is 6.02. The molecule has 0 saturated carbocycles. The Kier molecular flexibility index (Phi) is 1.13. The van der Waals surface area contributed by atoms with Gasteiger partial charge in [0, 0.05) is 5.92 Å². The van der Waals surface area contributed by atoms with Gasteiger partial charge in [0.2, 0.25) is 0 Å². The highest BCUT2D eigenvalue weighted by Crippen LogP contribution is 2.41. The number of hydrogen-bond donors (Lipinski definition) is 0. The van der Waals surface area contributed by atoms with Gasteiger partial charge in [0.05, 0.1) is 6.26 Å². The molecule has 1 aliphatic rings. The first-order valence-corrected chi connectivity index (χ1v) is 3.86. The van der Waals surface area contributed by atoms with Gasteiger partial charge in [-0.1, -0.05) is 13.8 Å². The minimum absolute atomic E-state index is 0.639. The molecule has 1 nitrogen and oxygen atoms in total. The maximum Gasteiger partial charge on any atom is 0.110 e. The van der Waals surface area contributed by atoms with Gasteiger partial charge in [0.1, 0.15) is 5.76 Å². The molecule has 0 amide bonds. The fourth-order valence-electron chi connectivity index (χ4n) is 1.90. The molecule has 0 radical (unpaired) electrons. The Labute approximate surface area is 61.0 Å². The Hall–Kier alpha value is -0.720. The van der Waals surface area contributed by atoms with E-state index >= 15 is 0 Å². The van der Waals surface area contributed by atoms with Gasteiger partial charge in [-0.25, -0.2) is 0 Å². The van der Waals surface area contributed by atoms with Gasteiger partial charge in [0.25, 0.3) is 0 Å². The Morgan fingerprint density at radius 3 is 2.90 bits per heavy atom. The molecule has 1 aliphatic carbocycles. The van der Waals surface area contributed by atoms with E-state index in [1.165, 1.54) is 17.7 Å². The van der Waals surface area contributed by atoms with Gasteiger partial charge in [-0.15, -0.1) is 0 Å². The van der Waals surface area contributed by atoms with Crippen LogP contribution in [0.2, 0.25) is 0 Å². The average Bonchev–Trinajstić information content (AvgIpc) is 2.39. The summed E-state index contributed by atoms with van der Waals surface area (Å²) < 4.78 is 5.36. The molecule has 0 fully saturated rings. The van der Waals surface area contributed by atoms with Crippen LogP contribution in [-0.2, 0) is 0 Å². The van der Waals surface area contributed by atoms with Crippen LogP contribution in [0.4, 0.5) is 0 Å². The van der Waals surface area contributed by atoms with Crippen molar-refractivity contribution in [3.63, 3.8) is 0 Å². The predicted molar refractivity (Wildman–Crippen MR) is 40.2 cm³/mol. The number of furan rings is 1. The monoisotopic (exact) mass is 136 g/mol. The molecular weight excluding hydrogens is 124 g/mol. The Balaban J connectivity index is 2.48. The summed E-state index contributed by atoms with van der Waals surface area (Å²) in [5.74, 6) is 2.57. The molecule has 2 atom stereocenters. The van der Waals surface area contributed by atoms with Gasteiger partial charge >= 0.3 is 0 Å². The van der Waals surface area contributed by atoms with E-state index in [9.17, 15) is 0 Å². The molecule has 1 aromatic heterocycles. The summed E-state index contributed by atoms with van der Waals surface area (Å²) >= 11 is 0. The summed E-state index contributed by atoms with van der Waals surface area (Å²) in [5.41, 5.74) is 1.42. The summed E-state index contributed by atoms with van der Waals surface area (Å²) in [6, 6.07) is 2.10. The van der Waals surface area contributed by atoms with Crippen molar-refractivity contribution in [1.82, 2.24) is 0 Å². The third-order valence-electron chi connectivity index (χ3n) is 2.41. The van der Waals surface area contributed by atoms with E-state index in [1.54, 1.807) is 6.26 Å². The SMILES string of the molecule is CC1CC(C)c2occc21. The third-order valence-corrected chi connectivity index (χ3v) is 2.41. The molecule has 0 N–H and O–H groups in total. The second kappa shape index (κ2) is 1.88. The van der Waals surface area contributed by atoms with Crippen LogP contribution in [0, 0.1) is 0 Å². The molecule has 0 aliphatic heterocycles. The summed E-state index contributed by atoms with van der Waals surface area (Å²) in [6.07, 6.45) is 3.06. The molecule has 0 saturated heterocycles. The lowest BCUT2D eigenvalue weighted by molar-refractivity contribution is 0.478. The Morgan fingerprint density at radius 2 is 2.20 bits per heavy atom. The van der Waals surface area contributed by atoms with Crippen molar-refractivity contribution in [1.29, 1.82) is 0 Å². The van der Waals surface area contributed by atoms with E-state index in [0.717, 1.165) is 0 Å². The normalized spacial score (nSPS) is 30.6. The molecule has 10 heavy (non-hydrogen) atoms. The van der Waals surface area contributed by atoms with Crippen molar-refractivity contribution in [2.45, 2.75) is 32.1 Å². The van der Waals surface area contributed by atoms with Crippen LogP contribution in [0.5, 0.6) is 0 Å². The number of fused-ring (bicyclic) bond motifs is 1. The average molecular weight is 136 g/mol. The Morgan fingerprint density at radius 1 is 1.40 bits per heavy atom.